The molecule has 130 valence electrons. The van der Waals surface area contributed by atoms with Crippen molar-refractivity contribution in [2.75, 3.05) is 0 Å². The standard InChI is InChI=1S/C17H21N7O/c1-11(2)13(15-19-16(22-25-15)17(18)9-6-10-17)24-21-14(20-23-24)12-7-4-3-5-8-12/h3-5,7-8,11,13H,6,9-10,18H2,1-2H3. The first kappa shape index (κ1) is 15.9. The van der Waals surface area contributed by atoms with Crippen molar-refractivity contribution in [1.82, 2.24) is 30.3 Å². The van der Waals surface area contributed by atoms with Crippen LogP contribution in [0.5, 0.6) is 0 Å². The summed E-state index contributed by atoms with van der Waals surface area (Å²) < 4.78 is 5.51. The number of benzene rings is 1. The highest BCUT2D eigenvalue weighted by molar-refractivity contribution is 5.53. The highest BCUT2D eigenvalue weighted by Crippen LogP contribution is 2.37. The number of nitrogens with two attached hydrogens (primary N) is 1. The van der Waals surface area contributed by atoms with E-state index in [4.69, 9.17) is 10.3 Å². The number of nitrogens with zero attached hydrogens (tertiary/aromatic N) is 6. The van der Waals surface area contributed by atoms with Gasteiger partial charge in [-0.15, -0.1) is 10.2 Å². The summed E-state index contributed by atoms with van der Waals surface area (Å²) in [4.78, 5) is 6.10. The van der Waals surface area contributed by atoms with Gasteiger partial charge in [-0.3, -0.25) is 0 Å². The van der Waals surface area contributed by atoms with Crippen molar-refractivity contribution in [2.45, 2.75) is 44.7 Å². The molecule has 0 bridgehead atoms. The molecule has 8 nitrogen and oxygen atoms in total. The zero-order chi connectivity index (χ0) is 17.4. The van der Waals surface area contributed by atoms with E-state index in [0.717, 1.165) is 24.8 Å². The predicted octanol–water partition coefficient (Wildman–Crippen LogP) is 2.31. The van der Waals surface area contributed by atoms with Gasteiger partial charge in [-0.25, -0.2) is 0 Å². The molecule has 2 heterocycles. The lowest BCUT2D eigenvalue weighted by atomic mass is 9.77. The van der Waals surface area contributed by atoms with Crippen LogP contribution in [0.2, 0.25) is 0 Å². The van der Waals surface area contributed by atoms with Gasteiger partial charge in [0.25, 0.3) is 5.89 Å². The highest BCUT2D eigenvalue weighted by atomic mass is 16.5. The quantitative estimate of drug-likeness (QED) is 0.759. The molecule has 3 aromatic rings. The second kappa shape index (κ2) is 6.03. The molecular weight excluding hydrogens is 318 g/mol. The Kier molecular flexibility index (Phi) is 3.84. The molecule has 4 rings (SSSR count). The van der Waals surface area contributed by atoms with Crippen LogP contribution < -0.4 is 5.73 Å². The summed E-state index contributed by atoms with van der Waals surface area (Å²) in [7, 11) is 0. The number of hydrogen-bond donors (Lipinski definition) is 1. The van der Waals surface area contributed by atoms with Crippen molar-refractivity contribution >= 4 is 0 Å². The van der Waals surface area contributed by atoms with Crippen molar-refractivity contribution < 1.29 is 4.52 Å². The Bertz CT molecular complexity index is 851. The van der Waals surface area contributed by atoms with Crippen LogP contribution in [-0.4, -0.2) is 30.3 Å². The van der Waals surface area contributed by atoms with Crippen molar-refractivity contribution in [1.29, 1.82) is 0 Å². The molecule has 0 amide bonds. The summed E-state index contributed by atoms with van der Waals surface area (Å²) in [5.74, 6) is 1.77. The first-order chi connectivity index (χ1) is 12.1. The molecule has 1 aliphatic rings. The predicted molar refractivity (Wildman–Crippen MR) is 90.2 cm³/mol. The summed E-state index contributed by atoms with van der Waals surface area (Å²) in [5, 5.41) is 17.0. The lowest BCUT2D eigenvalue weighted by Crippen LogP contribution is -2.44. The summed E-state index contributed by atoms with van der Waals surface area (Å²) >= 11 is 0. The van der Waals surface area contributed by atoms with Crippen LogP contribution in [0.25, 0.3) is 11.4 Å². The molecule has 2 aromatic heterocycles. The van der Waals surface area contributed by atoms with Gasteiger partial charge >= 0.3 is 0 Å². The van der Waals surface area contributed by atoms with Crippen LogP contribution in [0, 0.1) is 5.92 Å². The largest absolute Gasteiger partial charge is 0.337 e. The van der Waals surface area contributed by atoms with E-state index in [1.54, 1.807) is 4.80 Å². The second-order valence-electron chi connectivity index (χ2n) is 6.95. The van der Waals surface area contributed by atoms with Crippen LogP contribution in [0.15, 0.2) is 34.9 Å². The monoisotopic (exact) mass is 339 g/mol. The fourth-order valence-corrected chi connectivity index (χ4v) is 3.04. The van der Waals surface area contributed by atoms with Gasteiger partial charge in [0, 0.05) is 5.56 Å². The van der Waals surface area contributed by atoms with Gasteiger partial charge in [-0.1, -0.05) is 49.3 Å². The summed E-state index contributed by atoms with van der Waals surface area (Å²) in [5.41, 5.74) is 6.76. The summed E-state index contributed by atoms with van der Waals surface area (Å²) in [6.07, 6.45) is 2.87. The van der Waals surface area contributed by atoms with Gasteiger partial charge in [0.15, 0.2) is 11.9 Å². The molecule has 0 spiro atoms. The fraction of sp³-hybridized carbons (Fsp3) is 0.471. The Hall–Kier alpha value is -2.61. The Labute approximate surface area is 145 Å². The van der Waals surface area contributed by atoms with Crippen molar-refractivity contribution in [3.05, 3.63) is 42.0 Å². The molecule has 1 aliphatic carbocycles. The van der Waals surface area contributed by atoms with Crippen molar-refractivity contribution in [3.63, 3.8) is 0 Å². The smallest absolute Gasteiger partial charge is 0.253 e. The van der Waals surface area contributed by atoms with E-state index >= 15 is 0 Å². The van der Waals surface area contributed by atoms with E-state index in [1.165, 1.54) is 0 Å². The first-order valence-electron chi connectivity index (χ1n) is 8.55. The maximum Gasteiger partial charge on any atom is 0.253 e. The SMILES string of the molecule is CC(C)C(c1nc(C2(N)CCC2)no1)n1nnc(-c2ccccc2)n1. The van der Waals surface area contributed by atoms with Crippen LogP contribution in [-0.2, 0) is 5.54 Å². The molecule has 1 fully saturated rings. The minimum atomic E-state index is -0.450. The normalized spacial score (nSPS) is 17.4. The Morgan fingerprint density at radius 2 is 1.96 bits per heavy atom. The molecule has 0 radical (unpaired) electrons. The zero-order valence-electron chi connectivity index (χ0n) is 14.3. The Balaban J connectivity index is 1.65. The van der Waals surface area contributed by atoms with Crippen LogP contribution in [0.1, 0.15) is 50.9 Å². The number of hydrogen-bond acceptors (Lipinski definition) is 7. The van der Waals surface area contributed by atoms with E-state index in [0.29, 0.717) is 17.5 Å². The Morgan fingerprint density at radius 1 is 1.20 bits per heavy atom. The first-order valence-corrected chi connectivity index (χ1v) is 8.55. The summed E-state index contributed by atoms with van der Waals surface area (Å²) in [6, 6.07) is 9.46. The number of tetrazole rings is 1. The molecular formula is C17H21N7O. The number of rotatable bonds is 5. The van der Waals surface area contributed by atoms with E-state index in [9.17, 15) is 0 Å². The van der Waals surface area contributed by atoms with Crippen molar-refractivity contribution in [3.8, 4) is 11.4 Å². The van der Waals surface area contributed by atoms with Gasteiger partial charge in [0.2, 0.25) is 5.82 Å². The lowest BCUT2D eigenvalue weighted by molar-refractivity contribution is 0.225. The summed E-state index contributed by atoms with van der Waals surface area (Å²) in [6.45, 7) is 4.11. The van der Waals surface area contributed by atoms with Gasteiger partial charge < -0.3 is 10.3 Å². The molecule has 0 aliphatic heterocycles. The maximum absolute atomic E-state index is 6.30. The van der Waals surface area contributed by atoms with E-state index in [1.807, 2.05) is 30.3 Å². The van der Waals surface area contributed by atoms with Gasteiger partial charge in [0.05, 0.1) is 5.54 Å². The third-order valence-corrected chi connectivity index (χ3v) is 4.73. The van der Waals surface area contributed by atoms with E-state index < -0.39 is 5.54 Å². The third-order valence-electron chi connectivity index (χ3n) is 4.73. The van der Waals surface area contributed by atoms with Crippen molar-refractivity contribution in [2.24, 2.45) is 11.7 Å². The van der Waals surface area contributed by atoms with Gasteiger partial charge in [0.1, 0.15) is 0 Å². The minimum absolute atomic E-state index is 0.154. The molecule has 2 N–H and O–H groups in total. The average molecular weight is 339 g/mol. The molecule has 8 heteroatoms. The molecule has 1 atom stereocenters. The maximum atomic E-state index is 6.30. The van der Waals surface area contributed by atoms with Crippen LogP contribution >= 0.6 is 0 Å². The molecule has 1 unspecified atom stereocenters. The molecule has 1 aromatic carbocycles. The minimum Gasteiger partial charge on any atom is -0.337 e. The Morgan fingerprint density at radius 3 is 2.60 bits per heavy atom. The van der Waals surface area contributed by atoms with E-state index in [-0.39, 0.29) is 12.0 Å². The zero-order valence-corrected chi connectivity index (χ0v) is 14.3. The average Bonchev–Trinajstić information content (AvgIpc) is 3.24. The van der Waals surface area contributed by atoms with Crippen LogP contribution in [0.4, 0.5) is 0 Å². The third kappa shape index (κ3) is 2.82. The fourth-order valence-electron chi connectivity index (χ4n) is 3.04. The highest BCUT2D eigenvalue weighted by Gasteiger charge is 2.40. The number of aromatic nitrogens is 6. The topological polar surface area (TPSA) is 109 Å². The van der Waals surface area contributed by atoms with Gasteiger partial charge in [-0.2, -0.15) is 9.78 Å². The molecule has 0 saturated heterocycles. The lowest BCUT2D eigenvalue weighted by Gasteiger charge is -2.34. The van der Waals surface area contributed by atoms with Crippen LogP contribution in [0.3, 0.4) is 0 Å². The second-order valence-corrected chi connectivity index (χ2v) is 6.95. The van der Waals surface area contributed by atoms with Gasteiger partial charge in [-0.05, 0) is 30.4 Å². The molecule has 1 saturated carbocycles. The van der Waals surface area contributed by atoms with E-state index in [2.05, 4.69) is 39.4 Å². The molecule has 25 heavy (non-hydrogen) atoms.